The predicted octanol–water partition coefficient (Wildman–Crippen LogP) is 2.12. The van der Waals surface area contributed by atoms with Crippen molar-refractivity contribution in [2.45, 2.75) is 44.0 Å². The smallest absolute Gasteiger partial charge is 0.322 e. The lowest BCUT2D eigenvalue weighted by Gasteiger charge is -2.34. The molecular weight excluding hydrogens is 290 g/mol. The van der Waals surface area contributed by atoms with Crippen molar-refractivity contribution in [1.29, 1.82) is 0 Å². The number of piperidine rings is 1. The summed E-state index contributed by atoms with van der Waals surface area (Å²) < 4.78 is 26.5. The van der Waals surface area contributed by atoms with Gasteiger partial charge in [-0.3, -0.25) is 4.79 Å². The van der Waals surface area contributed by atoms with Gasteiger partial charge in [0, 0.05) is 6.54 Å². The molecule has 2 atom stereocenters. The molecule has 1 aromatic rings. The zero-order chi connectivity index (χ0) is 15.6. The molecule has 6 heteroatoms. The van der Waals surface area contributed by atoms with Crippen molar-refractivity contribution in [3.63, 3.8) is 0 Å². The number of hydrogen-bond donors (Lipinski definition) is 1. The molecule has 1 aliphatic rings. The molecule has 1 N–H and O–H groups in total. The van der Waals surface area contributed by atoms with Crippen molar-refractivity contribution in [2.75, 3.05) is 6.54 Å². The minimum atomic E-state index is -3.75. The van der Waals surface area contributed by atoms with Crippen LogP contribution in [0.2, 0.25) is 0 Å². The summed E-state index contributed by atoms with van der Waals surface area (Å²) in [6, 6.07) is 5.70. The van der Waals surface area contributed by atoms with Gasteiger partial charge in [-0.2, -0.15) is 4.31 Å². The van der Waals surface area contributed by atoms with Crippen molar-refractivity contribution in [2.24, 2.45) is 5.92 Å². The second-order valence-corrected chi connectivity index (χ2v) is 7.49. The molecule has 2 unspecified atom stereocenters. The highest BCUT2D eigenvalue weighted by Crippen LogP contribution is 2.28. The fourth-order valence-corrected chi connectivity index (χ4v) is 4.27. The molecule has 0 amide bonds. The van der Waals surface area contributed by atoms with Crippen LogP contribution in [0.25, 0.3) is 0 Å². The summed E-state index contributed by atoms with van der Waals surface area (Å²) in [5.41, 5.74) is 1.05. The summed E-state index contributed by atoms with van der Waals surface area (Å²) in [6.45, 7) is 4.21. The van der Waals surface area contributed by atoms with Crippen LogP contribution in [0.1, 0.15) is 32.3 Å². The fourth-order valence-electron chi connectivity index (χ4n) is 2.66. The third kappa shape index (κ3) is 3.27. The first-order valence-corrected chi connectivity index (χ1v) is 8.64. The molecule has 1 fully saturated rings. The summed E-state index contributed by atoms with van der Waals surface area (Å²) >= 11 is 0. The van der Waals surface area contributed by atoms with E-state index in [9.17, 15) is 18.3 Å². The van der Waals surface area contributed by atoms with Gasteiger partial charge in [0.2, 0.25) is 10.0 Å². The number of benzene rings is 1. The molecule has 1 aromatic carbocycles. The Morgan fingerprint density at radius 3 is 2.48 bits per heavy atom. The summed E-state index contributed by atoms with van der Waals surface area (Å²) in [4.78, 5) is 11.5. The number of nitrogens with zero attached hydrogens (tertiary/aromatic N) is 1. The number of sulfonamides is 1. The monoisotopic (exact) mass is 311 g/mol. The van der Waals surface area contributed by atoms with E-state index in [1.54, 1.807) is 24.3 Å². The zero-order valence-electron chi connectivity index (χ0n) is 12.3. The normalized spacial score (nSPS) is 23.9. The van der Waals surface area contributed by atoms with Gasteiger partial charge in [-0.15, -0.1) is 0 Å². The van der Waals surface area contributed by atoms with Gasteiger partial charge < -0.3 is 5.11 Å². The van der Waals surface area contributed by atoms with Crippen LogP contribution in [0.3, 0.4) is 0 Å². The average Bonchev–Trinajstić information content (AvgIpc) is 2.47. The van der Waals surface area contributed by atoms with E-state index in [0.29, 0.717) is 12.8 Å². The molecule has 0 aromatic heterocycles. The lowest BCUT2D eigenvalue weighted by atomic mass is 9.94. The molecular formula is C15H21NO4S. The maximum atomic E-state index is 12.7. The van der Waals surface area contributed by atoms with Gasteiger partial charge in [0.1, 0.15) is 6.04 Å². The standard InChI is InChI=1S/C15H21NO4S/c1-3-12-4-6-13(7-5-12)21(19,20)16-9-8-11(2)10-14(16)15(17)18/h4-7,11,14H,3,8-10H2,1-2H3,(H,17,18). The van der Waals surface area contributed by atoms with Crippen LogP contribution in [0.15, 0.2) is 29.2 Å². The molecule has 0 aliphatic carbocycles. The van der Waals surface area contributed by atoms with Gasteiger partial charge in [0.05, 0.1) is 4.90 Å². The van der Waals surface area contributed by atoms with Crippen LogP contribution in [0.4, 0.5) is 0 Å². The summed E-state index contributed by atoms with van der Waals surface area (Å²) in [7, 11) is -3.75. The van der Waals surface area contributed by atoms with Crippen molar-refractivity contribution in [3.05, 3.63) is 29.8 Å². The minimum absolute atomic E-state index is 0.167. The topological polar surface area (TPSA) is 74.7 Å². The maximum Gasteiger partial charge on any atom is 0.322 e. The Morgan fingerprint density at radius 2 is 1.95 bits per heavy atom. The van der Waals surface area contributed by atoms with Gasteiger partial charge in [-0.05, 0) is 42.9 Å². The van der Waals surface area contributed by atoms with Crippen molar-refractivity contribution >= 4 is 16.0 Å². The molecule has 0 radical (unpaired) electrons. The van der Waals surface area contributed by atoms with Crippen LogP contribution in [-0.2, 0) is 21.2 Å². The van der Waals surface area contributed by atoms with E-state index in [-0.39, 0.29) is 17.4 Å². The van der Waals surface area contributed by atoms with Crippen molar-refractivity contribution in [3.8, 4) is 0 Å². The SMILES string of the molecule is CCc1ccc(S(=O)(=O)N2CCC(C)CC2C(=O)O)cc1. The van der Waals surface area contributed by atoms with E-state index in [1.807, 2.05) is 13.8 Å². The first-order chi connectivity index (χ1) is 9.86. The second kappa shape index (κ2) is 6.15. The molecule has 0 spiro atoms. The minimum Gasteiger partial charge on any atom is -0.480 e. The van der Waals surface area contributed by atoms with Crippen LogP contribution in [0, 0.1) is 5.92 Å². The Morgan fingerprint density at radius 1 is 1.33 bits per heavy atom. The van der Waals surface area contributed by atoms with E-state index in [0.717, 1.165) is 16.3 Å². The Balaban J connectivity index is 2.34. The van der Waals surface area contributed by atoms with Gasteiger partial charge in [0.15, 0.2) is 0 Å². The van der Waals surface area contributed by atoms with E-state index in [4.69, 9.17) is 0 Å². The Bertz CT molecular complexity index is 609. The number of carboxylic acids is 1. The van der Waals surface area contributed by atoms with Gasteiger partial charge in [-0.25, -0.2) is 8.42 Å². The molecule has 1 aliphatic heterocycles. The summed E-state index contributed by atoms with van der Waals surface area (Å²) in [5, 5.41) is 9.31. The molecule has 5 nitrogen and oxygen atoms in total. The number of hydrogen-bond acceptors (Lipinski definition) is 3. The quantitative estimate of drug-likeness (QED) is 0.924. The highest BCUT2D eigenvalue weighted by atomic mass is 32.2. The Kier molecular flexibility index (Phi) is 4.68. The van der Waals surface area contributed by atoms with Gasteiger partial charge in [-0.1, -0.05) is 26.0 Å². The summed E-state index contributed by atoms with van der Waals surface area (Å²) in [5.74, 6) is -0.852. The fraction of sp³-hybridized carbons (Fsp3) is 0.533. The van der Waals surface area contributed by atoms with Crippen LogP contribution < -0.4 is 0 Å². The largest absolute Gasteiger partial charge is 0.480 e. The van der Waals surface area contributed by atoms with Crippen molar-refractivity contribution < 1.29 is 18.3 Å². The molecule has 0 saturated carbocycles. The molecule has 116 valence electrons. The third-order valence-electron chi connectivity index (χ3n) is 4.04. The first kappa shape index (κ1) is 16.0. The molecule has 0 bridgehead atoms. The lowest BCUT2D eigenvalue weighted by Crippen LogP contribution is -2.49. The van der Waals surface area contributed by atoms with E-state index in [1.165, 1.54) is 0 Å². The zero-order valence-corrected chi connectivity index (χ0v) is 13.1. The predicted molar refractivity (Wildman–Crippen MR) is 79.5 cm³/mol. The van der Waals surface area contributed by atoms with E-state index < -0.39 is 22.0 Å². The lowest BCUT2D eigenvalue weighted by molar-refractivity contribution is -0.143. The number of aliphatic carboxylic acids is 1. The second-order valence-electron chi connectivity index (χ2n) is 5.60. The van der Waals surface area contributed by atoms with Crippen LogP contribution in [-0.4, -0.2) is 36.4 Å². The van der Waals surface area contributed by atoms with E-state index >= 15 is 0 Å². The Labute approximate surface area is 125 Å². The van der Waals surface area contributed by atoms with Gasteiger partial charge >= 0.3 is 5.97 Å². The van der Waals surface area contributed by atoms with E-state index in [2.05, 4.69) is 0 Å². The van der Waals surface area contributed by atoms with Gasteiger partial charge in [0.25, 0.3) is 0 Å². The Hall–Kier alpha value is -1.40. The number of aryl methyl sites for hydroxylation is 1. The number of rotatable bonds is 4. The molecule has 1 heterocycles. The highest BCUT2D eigenvalue weighted by molar-refractivity contribution is 7.89. The average molecular weight is 311 g/mol. The highest BCUT2D eigenvalue weighted by Gasteiger charge is 2.39. The number of carboxylic acid groups (broad SMARTS) is 1. The first-order valence-electron chi connectivity index (χ1n) is 7.19. The van der Waals surface area contributed by atoms with Crippen LogP contribution >= 0.6 is 0 Å². The van der Waals surface area contributed by atoms with Crippen LogP contribution in [0.5, 0.6) is 0 Å². The summed E-state index contributed by atoms with van der Waals surface area (Å²) in [6.07, 6.45) is 1.89. The maximum absolute atomic E-state index is 12.7. The van der Waals surface area contributed by atoms with Crippen molar-refractivity contribution in [1.82, 2.24) is 4.31 Å². The number of carbonyl (C=O) groups is 1. The molecule has 1 saturated heterocycles. The molecule has 21 heavy (non-hydrogen) atoms. The molecule has 2 rings (SSSR count). The third-order valence-corrected chi connectivity index (χ3v) is 5.96.